The molecule has 6 heteroatoms. The molecule has 0 radical (unpaired) electrons. The van der Waals surface area contributed by atoms with Crippen molar-refractivity contribution in [2.75, 3.05) is 13.1 Å². The van der Waals surface area contributed by atoms with Gasteiger partial charge in [0.1, 0.15) is 0 Å². The van der Waals surface area contributed by atoms with Crippen LogP contribution in [0.5, 0.6) is 0 Å². The average molecular weight is 311 g/mol. The van der Waals surface area contributed by atoms with Crippen molar-refractivity contribution in [3.8, 4) is 0 Å². The minimum atomic E-state index is -3.62. The molecule has 1 aliphatic heterocycles. The van der Waals surface area contributed by atoms with Crippen LogP contribution in [-0.2, 0) is 10.0 Å². The number of rotatable bonds is 3. The average Bonchev–Trinajstić information content (AvgIpc) is 2.70. The molecule has 0 unspecified atom stereocenters. The van der Waals surface area contributed by atoms with Gasteiger partial charge in [0, 0.05) is 13.1 Å². The van der Waals surface area contributed by atoms with Crippen molar-refractivity contribution >= 4 is 16.0 Å². The summed E-state index contributed by atoms with van der Waals surface area (Å²) in [7, 11) is -3.62. The number of carbonyl (C=O) groups is 1. The van der Waals surface area contributed by atoms with Crippen LogP contribution in [-0.4, -0.2) is 36.9 Å². The molecule has 0 aliphatic carbocycles. The molecular formula is C15H21NO4S. The number of nitrogens with zero attached hydrogens (tertiary/aromatic N) is 1. The van der Waals surface area contributed by atoms with E-state index in [-0.39, 0.29) is 10.5 Å². The van der Waals surface area contributed by atoms with Gasteiger partial charge in [-0.05, 0) is 49.9 Å². The van der Waals surface area contributed by atoms with E-state index in [0.717, 1.165) is 25.7 Å². The second-order valence-electron chi connectivity index (χ2n) is 5.54. The zero-order valence-corrected chi connectivity index (χ0v) is 13.2. The van der Waals surface area contributed by atoms with E-state index < -0.39 is 16.0 Å². The van der Waals surface area contributed by atoms with Crippen LogP contribution in [0.2, 0.25) is 0 Å². The lowest BCUT2D eigenvalue weighted by Crippen LogP contribution is -2.32. The molecule has 0 bridgehead atoms. The highest BCUT2D eigenvalue weighted by molar-refractivity contribution is 7.89. The molecule has 1 N–H and O–H groups in total. The van der Waals surface area contributed by atoms with Gasteiger partial charge in [0.15, 0.2) is 0 Å². The molecule has 0 aromatic heterocycles. The van der Waals surface area contributed by atoms with Gasteiger partial charge in [0.2, 0.25) is 10.0 Å². The summed E-state index contributed by atoms with van der Waals surface area (Å²) in [6.07, 6.45) is 3.80. The number of aryl methyl sites for hydroxylation is 1. The number of aromatic carboxylic acids is 1. The summed E-state index contributed by atoms with van der Waals surface area (Å²) in [5, 5.41) is 9.14. The maximum Gasteiger partial charge on any atom is 0.335 e. The lowest BCUT2D eigenvalue weighted by atomic mass is 10.1. The van der Waals surface area contributed by atoms with Crippen molar-refractivity contribution in [3.63, 3.8) is 0 Å². The second kappa shape index (κ2) is 6.15. The smallest absolute Gasteiger partial charge is 0.335 e. The van der Waals surface area contributed by atoms with Crippen LogP contribution in [0.15, 0.2) is 17.0 Å². The molecule has 1 heterocycles. The molecule has 0 saturated carbocycles. The standard InChI is InChI=1S/C15H21NO4S/c1-11-9-13(15(17)18)10-14(12(11)2)21(19,20)16-7-5-3-4-6-8-16/h9-10H,3-8H2,1-2H3,(H,17,18). The minimum absolute atomic E-state index is 0.0199. The van der Waals surface area contributed by atoms with E-state index in [2.05, 4.69) is 0 Å². The van der Waals surface area contributed by atoms with Gasteiger partial charge in [-0.3, -0.25) is 0 Å². The highest BCUT2D eigenvalue weighted by Gasteiger charge is 2.28. The lowest BCUT2D eigenvalue weighted by molar-refractivity contribution is 0.0696. The second-order valence-corrected chi connectivity index (χ2v) is 7.45. The molecule has 0 spiro atoms. The van der Waals surface area contributed by atoms with Gasteiger partial charge in [-0.2, -0.15) is 4.31 Å². The van der Waals surface area contributed by atoms with E-state index in [4.69, 9.17) is 5.11 Å². The first-order valence-electron chi connectivity index (χ1n) is 7.18. The Balaban J connectivity index is 2.50. The van der Waals surface area contributed by atoms with Crippen molar-refractivity contribution in [1.29, 1.82) is 0 Å². The molecule has 0 amide bonds. The van der Waals surface area contributed by atoms with Gasteiger partial charge in [-0.1, -0.05) is 12.8 Å². The molecule has 0 atom stereocenters. The van der Waals surface area contributed by atoms with Crippen LogP contribution >= 0.6 is 0 Å². The number of carboxylic acid groups (broad SMARTS) is 1. The third-order valence-corrected chi connectivity index (χ3v) is 6.07. The predicted molar refractivity (Wildman–Crippen MR) is 80.1 cm³/mol. The Morgan fingerprint density at radius 2 is 1.67 bits per heavy atom. The summed E-state index contributed by atoms with van der Waals surface area (Å²) < 4.78 is 27.1. The molecule has 1 aromatic rings. The lowest BCUT2D eigenvalue weighted by Gasteiger charge is -2.22. The maximum atomic E-state index is 12.8. The third-order valence-electron chi connectivity index (χ3n) is 4.05. The van der Waals surface area contributed by atoms with Crippen LogP contribution in [0.3, 0.4) is 0 Å². The number of benzene rings is 1. The Morgan fingerprint density at radius 1 is 1.10 bits per heavy atom. The van der Waals surface area contributed by atoms with Crippen molar-refractivity contribution in [1.82, 2.24) is 4.31 Å². The van der Waals surface area contributed by atoms with E-state index in [0.29, 0.717) is 24.2 Å². The fourth-order valence-corrected chi connectivity index (χ4v) is 4.48. The Morgan fingerprint density at radius 3 is 2.19 bits per heavy atom. The summed E-state index contributed by atoms with van der Waals surface area (Å²) in [5.41, 5.74) is 1.33. The number of carboxylic acids is 1. The number of sulfonamides is 1. The third kappa shape index (κ3) is 3.27. The fourth-order valence-electron chi connectivity index (χ4n) is 2.64. The number of hydrogen-bond acceptors (Lipinski definition) is 3. The Bertz CT molecular complexity index is 644. The van der Waals surface area contributed by atoms with E-state index in [1.54, 1.807) is 13.8 Å². The highest BCUT2D eigenvalue weighted by Crippen LogP contribution is 2.26. The zero-order valence-electron chi connectivity index (χ0n) is 12.4. The molecular weight excluding hydrogens is 290 g/mol. The van der Waals surface area contributed by atoms with Gasteiger partial charge in [-0.25, -0.2) is 13.2 Å². The summed E-state index contributed by atoms with van der Waals surface area (Å²) in [6.45, 7) is 4.49. The number of hydrogen-bond donors (Lipinski definition) is 1. The van der Waals surface area contributed by atoms with Crippen LogP contribution in [0, 0.1) is 13.8 Å². The summed E-state index contributed by atoms with van der Waals surface area (Å²) in [5.74, 6) is -1.11. The largest absolute Gasteiger partial charge is 0.478 e. The van der Waals surface area contributed by atoms with Crippen molar-refractivity contribution in [2.45, 2.75) is 44.4 Å². The minimum Gasteiger partial charge on any atom is -0.478 e. The highest BCUT2D eigenvalue weighted by atomic mass is 32.2. The zero-order chi connectivity index (χ0) is 15.6. The first kappa shape index (κ1) is 16.0. The molecule has 1 aromatic carbocycles. The van der Waals surface area contributed by atoms with Gasteiger partial charge in [-0.15, -0.1) is 0 Å². The maximum absolute atomic E-state index is 12.8. The van der Waals surface area contributed by atoms with Gasteiger partial charge >= 0.3 is 5.97 Å². The first-order chi connectivity index (χ1) is 9.84. The molecule has 116 valence electrons. The monoisotopic (exact) mass is 311 g/mol. The van der Waals surface area contributed by atoms with Gasteiger partial charge in [0.05, 0.1) is 10.5 Å². The molecule has 1 fully saturated rings. The quantitative estimate of drug-likeness (QED) is 0.931. The van der Waals surface area contributed by atoms with Crippen LogP contribution < -0.4 is 0 Å². The van der Waals surface area contributed by atoms with Crippen molar-refractivity contribution in [2.24, 2.45) is 0 Å². The molecule has 1 aliphatic rings. The Labute approximate surface area is 125 Å². The molecule has 21 heavy (non-hydrogen) atoms. The van der Waals surface area contributed by atoms with E-state index >= 15 is 0 Å². The summed E-state index contributed by atoms with van der Waals surface area (Å²) in [6, 6.07) is 2.80. The molecule has 2 rings (SSSR count). The molecule has 1 saturated heterocycles. The topological polar surface area (TPSA) is 74.7 Å². The van der Waals surface area contributed by atoms with Crippen LogP contribution in [0.25, 0.3) is 0 Å². The van der Waals surface area contributed by atoms with E-state index in [1.807, 2.05) is 0 Å². The normalized spacial score (nSPS) is 17.4. The van der Waals surface area contributed by atoms with Crippen molar-refractivity contribution in [3.05, 3.63) is 28.8 Å². The van der Waals surface area contributed by atoms with Gasteiger partial charge < -0.3 is 5.11 Å². The van der Waals surface area contributed by atoms with Crippen LogP contribution in [0.1, 0.15) is 47.2 Å². The van der Waals surface area contributed by atoms with Crippen LogP contribution in [0.4, 0.5) is 0 Å². The summed E-state index contributed by atoms with van der Waals surface area (Å²) >= 11 is 0. The van der Waals surface area contributed by atoms with E-state index in [9.17, 15) is 13.2 Å². The molecule has 5 nitrogen and oxygen atoms in total. The van der Waals surface area contributed by atoms with Crippen molar-refractivity contribution < 1.29 is 18.3 Å². The van der Waals surface area contributed by atoms with E-state index in [1.165, 1.54) is 16.4 Å². The Kier molecular flexibility index (Phi) is 4.68. The SMILES string of the molecule is Cc1cc(C(=O)O)cc(S(=O)(=O)N2CCCCCC2)c1C. The first-order valence-corrected chi connectivity index (χ1v) is 8.62. The van der Waals surface area contributed by atoms with Gasteiger partial charge in [0.25, 0.3) is 0 Å². The fraction of sp³-hybridized carbons (Fsp3) is 0.533. The predicted octanol–water partition coefficient (Wildman–Crippen LogP) is 2.57. The Hall–Kier alpha value is -1.40. The summed E-state index contributed by atoms with van der Waals surface area (Å²) in [4.78, 5) is 11.3.